The van der Waals surface area contributed by atoms with Crippen molar-refractivity contribution in [2.45, 2.75) is 64.6 Å². The molecule has 0 bridgehead atoms. The molecule has 0 saturated heterocycles. The lowest BCUT2D eigenvalue weighted by Crippen LogP contribution is -2.42. The van der Waals surface area contributed by atoms with E-state index in [-0.39, 0.29) is 43.7 Å². The van der Waals surface area contributed by atoms with Gasteiger partial charge >= 0.3 is 12.1 Å². The molecule has 1 aliphatic carbocycles. The van der Waals surface area contributed by atoms with E-state index in [0.717, 1.165) is 0 Å². The number of aliphatic carboxylic acids is 1. The van der Waals surface area contributed by atoms with Gasteiger partial charge in [-0.2, -0.15) is 13.2 Å². The van der Waals surface area contributed by atoms with Gasteiger partial charge in [-0.15, -0.1) is 0 Å². The Balaban J connectivity index is 2.55. The highest BCUT2D eigenvalue weighted by Gasteiger charge is 2.41. The minimum atomic E-state index is -4.15. The number of carboxylic acid groups (broad SMARTS) is 1. The van der Waals surface area contributed by atoms with Crippen LogP contribution in [0.25, 0.3) is 0 Å². The number of halogens is 3. The summed E-state index contributed by atoms with van der Waals surface area (Å²) in [6, 6.07) is -0.185. The maximum atomic E-state index is 12.6. The van der Waals surface area contributed by atoms with Gasteiger partial charge in [0.05, 0.1) is 5.92 Å². The molecule has 0 aliphatic heterocycles. The molecule has 22 heavy (non-hydrogen) atoms. The number of rotatable bonds is 6. The molecule has 0 aromatic rings. The normalized spacial score (nSPS) is 23.9. The molecule has 1 fully saturated rings. The monoisotopic (exact) mass is 323 g/mol. The van der Waals surface area contributed by atoms with Crippen molar-refractivity contribution < 1.29 is 27.9 Å². The summed E-state index contributed by atoms with van der Waals surface area (Å²) in [4.78, 5) is 24.4. The van der Waals surface area contributed by atoms with Crippen LogP contribution in [0.2, 0.25) is 0 Å². The Hall–Kier alpha value is -1.27. The van der Waals surface area contributed by atoms with E-state index in [1.54, 1.807) is 6.92 Å². The predicted octanol–water partition coefficient (Wildman–Crippen LogP) is 3.46. The molecule has 1 N–H and O–H groups in total. The summed E-state index contributed by atoms with van der Waals surface area (Å²) in [6.07, 6.45) is -2.51. The Morgan fingerprint density at radius 2 is 1.77 bits per heavy atom. The summed E-state index contributed by atoms with van der Waals surface area (Å²) in [7, 11) is 0. The lowest BCUT2D eigenvalue weighted by Gasteiger charge is -2.32. The van der Waals surface area contributed by atoms with Gasteiger partial charge in [-0.05, 0) is 44.9 Å². The van der Waals surface area contributed by atoms with E-state index in [2.05, 4.69) is 0 Å². The fourth-order valence-electron chi connectivity index (χ4n) is 2.91. The summed E-state index contributed by atoms with van der Waals surface area (Å²) < 4.78 is 37.8. The first-order chi connectivity index (χ1) is 10.1. The highest BCUT2D eigenvalue weighted by Crippen LogP contribution is 2.40. The van der Waals surface area contributed by atoms with E-state index in [9.17, 15) is 22.8 Å². The summed E-state index contributed by atoms with van der Waals surface area (Å²) in [5.41, 5.74) is 0. The molecule has 0 aromatic heterocycles. The fourth-order valence-corrected chi connectivity index (χ4v) is 2.91. The first-order valence-electron chi connectivity index (χ1n) is 7.73. The van der Waals surface area contributed by atoms with Crippen LogP contribution in [0.1, 0.15) is 52.4 Å². The summed E-state index contributed by atoms with van der Waals surface area (Å²) >= 11 is 0. The molecule has 1 amide bonds. The predicted molar refractivity (Wildman–Crippen MR) is 75.2 cm³/mol. The van der Waals surface area contributed by atoms with Gasteiger partial charge in [0.1, 0.15) is 6.54 Å². The maximum absolute atomic E-state index is 12.6. The van der Waals surface area contributed by atoms with Crippen molar-refractivity contribution in [2.24, 2.45) is 11.8 Å². The topological polar surface area (TPSA) is 57.6 Å². The molecule has 1 atom stereocenters. The van der Waals surface area contributed by atoms with E-state index in [0.29, 0.717) is 19.3 Å². The van der Waals surface area contributed by atoms with Gasteiger partial charge in [0.2, 0.25) is 5.91 Å². The molecule has 1 rings (SSSR count). The van der Waals surface area contributed by atoms with E-state index in [4.69, 9.17) is 5.11 Å². The molecule has 7 heteroatoms. The summed E-state index contributed by atoms with van der Waals surface area (Å²) in [5.74, 6) is -2.68. The van der Waals surface area contributed by atoms with Crippen molar-refractivity contribution in [1.82, 2.24) is 4.90 Å². The van der Waals surface area contributed by atoms with E-state index in [1.807, 2.05) is 6.92 Å². The van der Waals surface area contributed by atoms with Crippen LogP contribution in [0.3, 0.4) is 0 Å². The number of hydrogen-bond donors (Lipinski definition) is 1. The Labute approximate surface area is 128 Å². The highest BCUT2D eigenvalue weighted by molar-refractivity contribution is 5.81. The number of nitrogens with zero attached hydrogens (tertiary/aromatic N) is 1. The number of amides is 1. The van der Waals surface area contributed by atoms with Gasteiger partial charge in [-0.3, -0.25) is 9.59 Å². The van der Waals surface area contributed by atoms with Gasteiger partial charge in [0, 0.05) is 12.5 Å². The van der Waals surface area contributed by atoms with Crippen molar-refractivity contribution in [2.75, 3.05) is 6.54 Å². The SMILES string of the molecule is CCC(C)N(CC(=O)O)C(=O)CC1CCC(C(F)(F)F)CC1. The van der Waals surface area contributed by atoms with Crippen molar-refractivity contribution >= 4 is 11.9 Å². The molecule has 0 spiro atoms. The Bertz CT molecular complexity index is 390. The van der Waals surface area contributed by atoms with Gasteiger partial charge in [-0.25, -0.2) is 0 Å². The molecule has 1 aliphatic rings. The van der Waals surface area contributed by atoms with Gasteiger partial charge in [-0.1, -0.05) is 6.92 Å². The minimum Gasteiger partial charge on any atom is -0.480 e. The number of alkyl halides is 3. The Kier molecular flexibility index (Phi) is 6.68. The van der Waals surface area contributed by atoms with E-state index < -0.39 is 18.1 Å². The molecule has 0 heterocycles. The summed E-state index contributed by atoms with van der Waals surface area (Å²) in [5, 5.41) is 8.89. The number of carbonyl (C=O) groups is 2. The molecule has 0 radical (unpaired) electrons. The van der Waals surface area contributed by atoms with Crippen molar-refractivity contribution in [3.8, 4) is 0 Å². The first-order valence-corrected chi connectivity index (χ1v) is 7.73. The number of carbonyl (C=O) groups excluding carboxylic acids is 1. The zero-order valence-corrected chi connectivity index (χ0v) is 13.0. The van der Waals surface area contributed by atoms with Crippen molar-refractivity contribution in [3.05, 3.63) is 0 Å². The zero-order valence-electron chi connectivity index (χ0n) is 13.0. The highest BCUT2D eigenvalue weighted by atomic mass is 19.4. The largest absolute Gasteiger partial charge is 0.480 e. The average molecular weight is 323 g/mol. The maximum Gasteiger partial charge on any atom is 0.391 e. The molecule has 1 saturated carbocycles. The van der Waals surface area contributed by atoms with Crippen LogP contribution in [0, 0.1) is 11.8 Å². The smallest absolute Gasteiger partial charge is 0.391 e. The molecular formula is C15H24F3NO3. The lowest BCUT2D eigenvalue weighted by molar-refractivity contribution is -0.184. The lowest BCUT2D eigenvalue weighted by atomic mass is 9.80. The van der Waals surface area contributed by atoms with Crippen LogP contribution in [0.4, 0.5) is 13.2 Å². The van der Waals surface area contributed by atoms with Gasteiger partial charge in [0.15, 0.2) is 0 Å². The fraction of sp³-hybridized carbons (Fsp3) is 0.867. The van der Waals surface area contributed by atoms with Gasteiger partial charge in [0.25, 0.3) is 0 Å². The first kappa shape index (κ1) is 18.8. The molecule has 128 valence electrons. The third kappa shape index (κ3) is 5.50. The van der Waals surface area contributed by atoms with Crippen LogP contribution in [-0.2, 0) is 9.59 Å². The standard InChI is InChI=1S/C15H24F3NO3/c1-3-10(2)19(9-14(21)22)13(20)8-11-4-6-12(7-5-11)15(16,17)18/h10-12H,3-9H2,1-2H3,(H,21,22). The van der Waals surface area contributed by atoms with Gasteiger partial charge < -0.3 is 10.0 Å². The molecule has 4 nitrogen and oxygen atoms in total. The molecular weight excluding hydrogens is 299 g/mol. The van der Waals surface area contributed by atoms with E-state index >= 15 is 0 Å². The van der Waals surface area contributed by atoms with Crippen LogP contribution in [-0.4, -0.2) is 40.6 Å². The van der Waals surface area contributed by atoms with Crippen LogP contribution in [0.15, 0.2) is 0 Å². The van der Waals surface area contributed by atoms with Crippen LogP contribution >= 0.6 is 0 Å². The third-order valence-corrected chi connectivity index (χ3v) is 4.52. The second-order valence-electron chi connectivity index (χ2n) is 6.14. The Morgan fingerprint density at radius 1 is 1.23 bits per heavy atom. The Morgan fingerprint density at radius 3 is 2.18 bits per heavy atom. The second-order valence-corrected chi connectivity index (χ2v) is 6.14. The molecule has 0 aromatic carbocycles. The zero-order chi connectivity index (χ0) is 16.9. The van der Waals surface area contributed by atoms with E-state index in [1.165, 1.54) is 4.90 Å². The average Bonchev–Trinajstić information content (AvgIpc) is 2.43. The second kappa shape index (κ2) is 7.83. The van der Waals surface area contributed by atoms with Crippen LogP contribution < -0.4 is 0 Å². The summed E-state index contributed by atoms with van der Waals surface area (Å²) in [6.45, 7) is 3.29. The third-order valence-electron chi connectivity index (χ3n) is 4.52. The number of hydrogen-bond acceptors (Lipinski definition) is 2. The minimum absolute atomic E-state index is 0.0592. The molecule has 1 unspecified atom stereocenters. The van der Waals surface area contributed by atoms with Crippen molar-refractivity contribution in [3.63, 3.8) is 0 Å². The number of carboxylic acids is 1. The van der Waals surface area contributed by atoms with Crippen LogP contribution in [0.5, 0.6) is 0 Å². The van der Waals surface area contributed by atoms with Crippen molar-refractivity contribution in [1.29, 1.82) is 0 Å². The quantitative estimate of drug-likeness (QED) is 0.814.